The largest absolute Gasteiger partial charge is 0.507 e. The molecule has 3 aromatic rings. The predicted octanol–water partition coefficient (Wildman–Crippen LogP) is 4.19. The van der Waals surface area contributed by atoms with Crippen molar-refractivity contribution in [3.63, 3.8) is 0 Å². The van der Waals surface area contributed by atoms with Crippen LogP contribution in [0.5, 0.6) is 5.75 Å². The lowest BCUT2D eigenvalue weighted by Gasteiger charge is -2.13. The minimum absolute atomic E-state index is 0.117. The van der Waals surface area contributed by atoms with Gasteiger partial charge in [-0.2, -0.15) is 5.10 Å². The Labute approximate surface area is 201 Å². The molecule has 1 heterocycles. The van der Waals surface area contributed by atoms with Gasteiger partial charge >= 0.3 is 5.97 Å². The van der Waals surface area contributed by atoms with Crippen LogP contribution in [0.3, 0.4) is 0 Å². The van der Waals surface area contributed by atoms with Gasteiger partial charge < -0.3 is 19.6 Å². The first-order chi connectivity index (χ1) is 16.9. The molecule has 2 amide bonds. The van der Waals surface area contributed by atoms with Gasteiger partial charge in [-0.3, -0.25) is 9.59 Å². The third-order valence-electron chi connectivity index (χ3n) is 5.63. The van der Waals surface area contributed by atoms with Crippen LogP contribution in [0.1, 0.15) is 67.9 Å². The van der Waals surface area contributed by atoms with Crippen molar-refractivity contribution < 1.29 is 28.6 Å². The van der Waals surface area contributed by atoms with E-state index < -0.39 is 17.8 Å². The monoisotopic (exact) mass is 475 g/mol. The lowest BCUT2D eigenvalue weighted by atomic mass is 9.93. The number of carbonyl (C=O) groups is 3. The highest BCUT2D eigenvalue weighted by Gasteiger charge is 2.28. The number of amides is 2. The molecule has 3 N–H and O–H groups in total. The fourth-order valence-corrected chi connectivity index (χ4v) is 3.93. The minimum Gasteiger partial charge on any atom is -0.507 e. The van der Waals surface area contributed by atoms with Crippen LogP contribution in [0.25, 0.3) is 0 Å². The van der Waals surface area contributed by atoms with Crippen molar-refractivity contribution in [1.82, 2.24) is 5.43 Å². The van der Waals surface area contributed by atoms with E-state index in [4.69, 9.17) is 9.15 Å². The Bertz CT molecular complexity index is 1310. The SMILES string of the molecule is CCOC(=O)c1ccc(NC(=O)c2oc3c(c2C)/C(=N/NC(=O)c2ccccc2O)CCC3)cc1. The highest BCUT2D eigenvalue weighted by molar-refractivity contribution is 6.09. The van der Waals surface area contributed by atoms with E-state index in [0.717, 1.165) is 6.42 Å². The molecule has 1 aliphatic carbocycles. The normalized spacial score (nSPS) is 13.7. The number of aromatic hydroxyl groups is 1. The van der Waals surface area contributed by atoms with Crippen molar-refractivity contribution >= 4 is 29.2 Å². The number of nitrogens with one attached hydrogen (secondary N) is 2. The number of hydrazone groups is 1. The van der Waals surface area contributed by atoms with Gasteiger partial charge in [-0.05, 0) is 63.1 Å². The summed E-state index contributed by atoms with van der Waals surface area (Å²) in [5.74, 6) is -0.741. The molecule has 35 heavy (non-hydrogen) atoms. The lowest BCUT2D eigenvalue weighted by Crippen LogP contribution is -2.22. The van der Waals surface area contributed by atoms with Crippen LogP contribution < -0.4 is 10.7 Å². The third-order valence-corrected chi connectivity index (χ3v) is 5.63. The predicted molar refractivity (Wildman–Crippen MR) is 129 cm³/mol. The molecular formula is C26H25N3O6. The average molecular weight is 476 g/mol. The quantitative estimate of drug-likeness (QED) is 0.362. The molecule has 0 radical (unpaired) electrons. The standard InChI is InChI=1S/C26H25N3O6/c1-3-34-26(33)16-11-13-17(14-12-16)27-25(32)23-15(2)22-19(8-6-10-21(22)35-23)28-29-24(31)18-7-4-5-9-20(18)30/h4-5,7,9,11-14,30H,3,6,8,10H2,1-2H3,(H,27,32)(H,29,31)/b28-19+. The Kier molecular flexibility index (Phi) is 6.96. The molecule has 0 bridgehead atoms. The molecule has 9 nitrogen and oxygen atoms in total. The van der Waals surface area contributed by atoms with Gasteiger partial charge in [-0.1, -0.05) is 12.1 Å². The Hall–Kier alpha value is -4.40. The van der Waals surface area contributed by atoms with E-state index in [9.17, 15) is 19.5 Å². The van der Waals surface area contributed by atoms with Crippen LogP contribution >= 0.6 is 0 Å². The van der Waals surface area contributed by atoms with Crippen molar-refractivity contribution in [3.8, 4) is 5.75 Å². The van der Waals surface area contributed by atoms with E-state index >= 15 is 0 Å². The Morgan fingerprint density at radius 3 is 2.51 bits per heavy atom. The first kappa shape index (κ1) is 23.7. The lowest BCUT2D eigenvalue weighted by molar-refractivity contribution is 0.0526. The molecule has 0 fully saturated rings. The molecule has 0 spiro atoms. The molecule has 1 aromatic heterocycles. The summed E-state index contributed by atoms with van der Waals surface area (Å²) in [4.78, 5) is 37.2. The van der Waals surface area contributed by atoms with E-state index in [-0.39, 0.29) is 23.7 Å². The van der Waals surface area contributed by atoms with Crippen molar-refractivity contribution in [3.05, 3.63) is 82.3 Å². The first-order valence-corrected chi connectivity index (χ1v) is 11.2. The summed E-state index contributed by atoms with van der Waals surface area (Å²) in [5.41, 5.74) is 5.43. The molecule has 0 atom stereocenters. The van der Waals surface area contributed by atoms with Gasteiger partial charge in [0.25, 0.3) is 11.8 Å². The molecule has 9 heteroatoms. The second-order valence-electron chi connectivity index (χ2n) is 7.98. The zero-order valence-electron chi connectivity index (χ0n) is 19.4. The summed E-state index contributed by atoms with van der Waals surface area (Å²) >= 11 is 0. The van der Waals surface area contributed by atoms with Crippen molar-refractivity contribution in [2.45, 2.75) is 33.1 Å². The number of nitrogens with zero attached hydrogens (tertiary/aromatic N) is 1. The van der Waals surface area contributed by atoms with Crippen molar-refractivity contribution in [2.24, 2.45) is 5.10 Å². The molecule has 1 aliphatic rings. The Balaban J connectivity index is 1.51. The summed E-state index contributed by atoms with van der Waals surface area (Å²) in [7, 11) is 0. The maximum Gasteiger partial charge on any atom is 0.338 e. The van der Waals surface area contributed by atoms with Gasteiger partial charge in [0.2, 0.25) is 0 Å². The number of ether oxygens (including phenoxy) is 1. The van der Waals surface area contributed by atoms with Crippen LogP contribution in [-0.4, -0.2) is 35.2 Å². The average Bonchev–Trinajstić information content (AvgIpc) is 3.20. The summed E-state index contributed by atoms with van der Waals surface area (Å²) in [6.07, 6.45) is 2.00. The topological polar surface area (TPSA) is 130 Å². The Morgan fingerprint density at radius 2 is 1.80 bits per heavy atom. The fourth-order valence-electron chi connectivity index (χ4n) is 3.93. The summed E-state index contributed by atoms with van der Waals surface area (Å²) < 4.78 is 10.9. The van der Waals surface area contributed by atoms with Crippen LogP contribution in [0.2, 0.25) is 0 Å². The molecular weight excluding hydrogens is 450 g/mol. The molecule has 0 saturated carbocycles. The number of para-hydroxylation sites is 1. The smallest absolute Gasteiger partial charge is 0.338 e. The van der Waals surface area contributed by atoms with Gasteiger partial charge in [0.1, 0.15) is 11.5 Å². The Morgan fingerprint density at radius 1 is 1.06 bits per heavy atom. The molecule has 0 saturated heterocycles. The summed E-state index contributed by atoms with van der Waals surface area (Å²) in [6.45, 7) is 3.78. The van der Waals surface area contributed by atoms with Gasteiger partial charge in [-0.15, -0.1) is 0 Å². The maximum atomic E-state index is 12.9. The van der Waals surface area contributed by atoms with Crippen LogP contribution in [-0.2, 0) is 11.2 Å². The molecule has 4 rings (SSSR count). The van der Waals surface area contributed by atoms with E-state index in [0.29, 0.717) is 46.7 Å². The van der Waals surface area contributed by atoms with Crippen LogP contribution in [0, 0.1) is 6.92 Å². The first-order valence-electron chi connectivity index (χ1n) is 11.2. The number of rotatable bonds is 6. The second kappa shape index (κ2) is 10.3. The van der Waals surface area contributed by atoms with E-state index in [1.165, 1.54) is 12.1 Å². The number of hydrogen-bond acceptors (Lipinski definition) is 7. The number of furan rings is 1. The van der Waals surface area contributed by atoms with Gasteiger partial charge in [0.15, 0.2) is 5.76 Å². The number of carbonyl (C=O) groups excluding carboxylic acids is 3. The fraction of sp³-hybridized carbons (Fsp3) is 0.231. The second-order valence-corrected chi connectivity index (χ2v) is 7.98. The van der Waals surface area contributed by atoms with E-state index in [1.807, 2.05) is 0 Å². The van der Waals surface area contributed by atoms with Gasteiger partial charge in [0.05, 0.1) is 23.4 Å². The third kappa shape index (κ3) is 5.08. The molecule has 180 valence electrons. The van der Waals surface area contributed by atoms with Gasteiger partial charge in [0, 0.05) is 23.2 Å². The van der Waals surface area contributed by atoms with Crippen LogP contribution in [0.15, 0.2) is 58.0 Å². The number of anilines is 1. The zero-order chi connectivity index (χ0) is 24.9. The zero-order valence-corrected chi connectivity index (χ0v) is 19.4. The van der Waals surface area contributed by atoms with Crippen LogP contribution in [0.4, 0.5) is 5.69 Å². The number of aryl methyl sites for hydroxylation is 1. The van der Waals surface area contributed by atoms with E-state index in [2.05, 4.69) is 15.8 Å². The van der Waals surface area contributed by atoms with Crippen molar-refractivity contribution in [1.29, 1.82) is 0 Å². The highest BCUT2D eigenvalue weighted by atomic mass is 16.5. The number of esters is 1. The summed E-state index contributed by atoms with van der Waals surface area (Å²) in [6, 6.07) is 12.6. The number of phenolic OH excluding ortho intramolecular Hbond substituents is 1. The summed E-state index contributed by atoms with van der Waals surface area (Å²) in [5, 5.41) is 16.9. The number of fused-ring (bicyclic) bond motifs is 1. The number of phenols is 1. The number of benzene rings is 2. The minimum atomic E-state index is -0.534. The van der Waals surface area contributed by atoms with Crippen molar-refractivity contribution in [2.75, 3.05) is 11.9 Å². The van der Waals surface area contributed by atoms with E-state index in [1.54, 1.807) is 50.2 Å². The highest BCUT2D eigenvalue weighted by Crippen LogP contribution is 2.30. The molecule has 0 unspecified atom stereocenters. The van der Waals surface area contributed by atoms with Gasteiger partial charge in [-0.25, -0.2) is 10.2 Å². The molecule has 2 aromatic carbocycles. The number of hydrogen-bond donors (Lipinski definition) is 3. The molecule has 0 aliphatic heterocycles. The maximum absolute atomic E-state index is 12.9.